The molecular formula is C21H34ClNSiZr. The second-order valence-corrected chi connectivity index (χ2v) is 10.8. The number of rotatable bonds is 6. The van der Waals surface area contributed by atoms with Crippen molar-refractivity contribution in [2.24, 2.45) is 5.92 Å². The van der Waals surface area contributed by atoms with Crippen molar-refractivity contribution in [1.29, 1.82) is 0 Å². The Balaban J connectivity index is 0.00000288. The summed E-state index contributed by atoms with van der Waals surface area (Å²) in [5, 5.41) is 5.47. The van der Waals surface area contributed by atoms with Gasteiger partial charge < -0.3 is 17.7 Å². The first-order valence-corrected chi connectivity index (χ1v) is 12.2. The molecule has 0 spiro atoms. The van der Waals surface area contributed by atoms with Crippen LogP contribution in [0.25, 0.3) is 5.32 Å². The predicted molar refractivity (Wildman–Crippen MR) is 107 cm³/mol. The van der Waals surface area contributed by atoms with Crippen LogP contribution in [0.4, 0.5) is 0 Å². The van der Waals surface area contributed by atoms with Gasteiger partial charge in [-0.05, 0) is 51.5 Å². The van der Waals surface area contributed by atoms with Crippen LogP contribution in [0.1, 0.15) is 60.3 Å². The Kier molecular flexibility index (Phi) is 10.5. The van der Waals surface area contributed by atoms with Crippen LogP contribution < -0.4 is 12.4 Å². The van der Waals surface area contributed by atoms with Crippen molar-refractivity contribution in [3.63, 3.8) is 0 Å². The van der Waals surface area contributed by atoms with E-state index in [1.807, 2.05) is 0 Å². The van der Waals surface area contributed by atoms with Crippen LogP contribution in [0.5, 0.6) is 0 Å². The Bertz CT molecular complexity index is 589. The zero-order chi connectivity index (χ0) is 17.2. The predicted octanol–water partition coefficient (Wildman–Crippen LogP) is 3.46. The summed E-state index contributed by atoms with van der Waals surface area (Å²) in [7, 11) is -1.02. The van der Waals surface area contributed by atoms with Crippen molar-refractivity contribution in [2.45, 2.75) is 78.6 Å². The zero-order valence-corrected chi connectivity index (χ0v) is 21.4. The number of halogens is 1. The number of hydrogen-bond acceptors (Lipinski definition) is 0. The van der Waals surface area contributed by atoms with Crippen LogP contribution in [0.3, 0.4) is 0 Å². The van der Waals surface area contributed by atoms with Gasteiger partial charge in [0.1, 0.15) is 0 Å². The quantitative estimate of drug-likeness (QED) is 0.545. The SMILES string of the molecule is CCCCC1=C(C)C(C)C([N-]C2=CC=CC2)([SiH](C)C)C(C)=C1C.[Cl-].[Zr+2]. The summed E-state index contributed by atoms with van der Waals surface area (Å²) < 4.78 is 0. The van der Waals surface area contributed by atoms with Gasteiger partial charge >= 0.3 is 26.2 Å². The molecule has 1 nitrogen and oxygen atoms in total. The molecule has 0 amide bonds. The van der Waals surface area contributed by atoms with Crippen LogP contribution in [-0.4, -0.2) is 14.0 Å². The van der Waals surface area contributed by atoms with E-state index >= 15 is 0 Å². The molecule has 0 saturated carbocycles. The van der Waals surface area contributed by atoms with Gasteiger partial charge in [-0.1, -0.05) is 73.5 Å². The molecule has 0 aromatic heterocycles. The monoisotopic (exact) mass is 453 g/mol. The van der Waals surface area contributed by atoms with Gasteiger partial charge in [0, 0.05) is 8.80 Å². The Morgan fingerprint density at radius 2 is 1.88 bits per heavy atom. The summed E-state index contributed by atoms with van der Waals surface area (Å²) >= 11 is 0. The van der Waals surface area contributed by atoms with Crippen molar-refractivity contribution in [3.05, 3.63) is 51.5 Å². The molecule has 0 N–H and O–H groups in total. The summed E-state index contributed by atoms with van der Waals surface area (Å²) in [6.07, 6.45) is 11.4. The summed E-state index contributed by atoms with van der Waals surface area (Å²) in [5.41, 5.74) is 7.57. The molecule has 2 aliphatic carbocycles. The number of allylic oxidation sites excluding steroid dienone is 5. The van der Waals surface area contributed by atoms with Crippen molar-refractivity contribution >= 4 is 8.80 Å². The first kappa shape index (κ1) is 25.1. The Hall–Kier alpha value is 0.150. The van der Waals surface area contributed by atoms with Gasteiger partial charge in [-0.2, -0.15) is 5.70 Å². The molecule has 0 aromatic carbocycles. The molecule has 0 fully saturated rings. The van der Waals surface area contributed by atoms with Crippen molar-refractivity contribution in [1.82, 2.24) is 0 Å². The molecular weight excluding hydrogens is 421 g/mol. The third kappa shape index (κ3) is 4.71. The molecule has 138 valence electrons. The van der Waals surface area contributed by atoms with E-state index in [4.69, 9.17) is 5.32 Å². The van der Waals surface area contributed by atoms with E-state index < -0.39 is 8.80 Å². The second kappa shape index (κ2) is 10.5. The van der Waals surface area contributed by atoms with Crippen LogP contribution >= 0.6 is 0 Å². The molecule has 2 atom stereocenters. The van der Waals surface area contributed by atoms with Gasteiger partial charge in [0.15, 0.2) is 0 Å². The van der Waals surface area contributed by atoms with E-state index in [-0.39, 0.29) is 43.8 Å². The first-order chi connectivity index (χ1) is 10.9. The van der Waals surface area contributed by atoms with Gasteiger partial charge in [-0.15, -0.1) is 0 Å². The molecule has 0 aliphatic heterocycles. The van der Waals surface area contributed by atoms with Gasteiger partial charge in [0.2, 0.25) is 0 Å². The molecule has 0 radical (unpaired) electrons. The maximum Gasteiger partial charge on any atom is 2.00 e. The normalized spacial score (nSPS) is 25.8. The van der Waals surface area contributed by atoms with Crippen molar-refractivity contribution in [3.8, 4) is 0 Å². The second-order valence-electron chi connectivity index (χ2n) is 7.62. The number of hydrogen-bond donors (Lipinski definition) is 0. The third-order valence-electron chi connectivity index (χ3n) is 6.14. The Labute approximate surface area is 182 Å². The summed E-state index contributed by atoms with van der Waals surface area (Å²) in [4.78, 5) is 0. The summed E-state index contributed by atoms with van der Waals surface area (Å²) in [6, 6.07) is 0. The van der Waals surface area contributed by atoms with Gasteiger partial charge in [0.05, 0.1) is 0 Å². The zero-order valence-electron chi connectivity index (χ0n) is 17.0. The smallest absolute Gasteiger partial charge is 1.00 e. The fourth-order valence-electron chi connectivity index (χ4n) is 4.48. The summed E-state index contributed by atoms with van der Waals surface area (Å²) in [6.45, 7) is 16.7. The van der Waals surface area contributed by atoms with Gasteiger partial charge in [0.25, 0.3) is 0 Å². The fraction of sp³-hybridized carbons (Fsp3) is 0.619. The largest absolute Gasteiger partial charge is 2.00 e. The van der Waals surface area contributed by atoms with E-state index in [0.29, 0.717) is 5.92 Å². The average molecular weight is 455 g/mol. The fourth-order valence-corrected chi connectivity index (χ4v) is 7.23. The van der Waals surface area contributed by atoms with E-state index in [1.54, 1.807) is 16.7 Å². The van der Waals surface area contributed by atoms with Crippen LogP contribution in [0.15, 0.2) is 46.2 Å². The Morgan fingerprint density at radius 3 is 2.36 bits per heavy atom. The van der Waals surface area contributed by atoms with Gasteiger partial charge in [-0.25, -0.2) is 0 Å². The molecule has 0 saturated heterocycles. The molecule has 0 heterocycles. The topological polar surface area (TPSA) is 14.1 Å². The molecule has 2 aliphatic rings. The maximum absolute atomic E-state index is 5.41. The minimum Gasteiger partial charge on any atom is -1.00 e. The van der Waals surface area contributed by atoms with Crippen molar-refractivity contribution < 1.29 is 38.6 Å². The minimum atomic E-state index is -1.02. The van der Waals surface area contributed by atoms with Crippen LogP contribution in [0.2, 0.25) is 13.1 Å². The minimum absolute atomic E-state index is 0. The van der Waals surface area contributed by atoms with Gasteiger partial charge in [-0.3, -0.25) is 0 Å². The van der Waals surface area contributed by atoms with Crippen molar-refractivity contribution in [2.75, 3.05) is 0 Å². The molecule has 25 heavy (non-hydrogen) atoms. The van der Waals surface area contributed by atoms with E-state index in [2.05, 4.69) is 65.9 Å². The van der Waals surface area contributed by atoms with Crippen LogP contribution in [-0.2, 0) is 26.2 Å². The molecule has 2 rings (SSSR count). The van der Waals surface area contributed by atoms with E-state index in [9.17, 15) is 0 Å². The van der Waals surface area contributed by atoms with E-state index in [0.717, 1.165) is 6.42 Å². The molecule has 0 bridgehead atoms. The average Bonchev–Trinajstić information content (AvgIpc) is 3.02. The molecule has 2 unspecified atom stereocenters. The standard InChI is InChI=1S/C21H34NSi.ClH.Zr/c1-8-9-14-20-15(2)17(4)21(23(6)7,18(5)16(20)3)22-19-12-10-11-13-19;;/h10-12,17,23H,8-9,13-14H2,1-7H3;1H;/q-1;;+2/p-1. The van der Waals surface area contributed by atoms with Crippen LogP contribution in [0, 0.1) is 5.92 Å². The first-order valence-electron chi connectivity index (χ1n) is 9.32. The third-order valence-corrected chi connectivity index (χ3v) is 8.96. The van der Waals surface area contributed by atoms with E-state index in [1.165, 1.54) is 30.5 Å². The molecule has 4 heteroatoms. The summed E-state index contributed by atoms with van der Waals surface area (Å²) in [5.74, 6) is 0.534. The Morgan fingerprint density at radius 1 is 1.24 bits per heavy atom. The maximum atomic E-state index is 5.41. The number of unbranched alkanes of at least 4 members (excludes halogenated alkanes) is 1. The number of nitrogens with zero attached hydrogens (tertiary/aromatic N) is 1. The molecule has 0 aromatic rings.